The molecule has 0 aromatic heterocycles. The zero-order valence-electron chi connectivity index (χ0n) is 6.13. The van der Waals surface area contributed by atoms with Crippen molar-refractivity contribution in [2.45, 2.75) is 5.88 Å². The molecular weight excluding hydrogens is 160 g/mol. The van der Waals surface area contributed by atoms with E-state index in [0.29, 0.717) is 5.88 Å². The molecule has 0 amide bonds. The van der Waals surface area contributed by atoms with Crippen LogP contribution < -0.4 is 0 Å². The van der Waals surface area contributed by atoms with Crippen molar-refractivity contribution in [3.8, 4) is 0 Å². The van der Waals surface area contributed by atoms with Crippen LogP contribution in [0.25, 0.3) is 0 Å². The van der Waals surface area contributed by atoms with Gasteiger partial charge in [-0.2, -0.15) is 0 Å². The van der Waals surface area contributed by atoms with Crippen LogP contribution in [0.1, 0.15) is 11.1 Å². The maximum atomic E-state index is 8.56. The maximum Gasteiger partial charge on any atom is 0.0506 e. The molecule has 0 bridgehead atoms. The SMILES string of the molecule is OC[CH]c1ccc(CCl)cc1. The summed E-state index contributed by atoms with van der Waals surface area (Å²) in [5, 5.41) is 8.56. The van der Waals surface area contributed by atoms with E-state index in [1.807, 2.05) is 24.3 Å². The molecule has 1 rings (SSSR count). The highest BCUT2D eigenvalue weighted by molar-refractivity contribution is 6.17. The summed E-state index contributed by atoms with van der Waals surface area (Å²) in [6, 6.07) is 7.78. The highest BCUT2D eigenvalue weighted by Gasteiger charge is 1.92. The average molecular weight is 170 g/mol. The van der Waals surface area contributed by atoms with Gasteiger partial charge in [0.05, 0.1) is 6.61 Å². The fourth-order valence-corrected chi connectivity index (χ4v) is 1.03. The summed E-state index contributed by atoms with van der Waals surface area (Å²) in [6.07, 6.45) is 1.75. The summed E-state index contributed by atoms with van der Waals surface area (Å²) in [5.41, 5.74) is 2.13. The molecule has 59 valence electrons. The third-order valence-corrected chi connectivity index (χ3v) is 1.77. The molecule has 0 atom stereocenters. The van der Waals surface area contributed by atoms with Crippen molar-refractivity contribution < 1.29 is 5.11 Å². The zero-order chi connectivity index (χ0) is 8.10. The van der Waals surface area contributed by atoms with Gasteiger partial charge < -0.3 is 5.11 Å². The second-order valence-corrected chi connectivity index (χ2v) is 2.53. The highest BCUT2D eigenvalue weighted by Crippen LogP contribution is 2.07. The van der Waals surface area contributed by atoms with Gasteiger partial charge in [-0.3, -0.25) is 0 Å². The Morgan fingerprint density at radius 2 is 1.91 bits per heavy atom. The Kier molecular flexibility index (Phi) is 3.40. The Bertz CT molecular complexity index is 205. The molecule has 1 aromatic rings. The van der Waals surface area contributed by atoms with Gasteiger partial charge in [0.15, 0.2) is 0 Å². The summed E-state index contributed by atoms with van der Waals surface area (Å²) in [7, 11) is 0. The van der Waals surface area contributed by atoms with Crippen molar-refractivity contribution in [3.63, 3.8) is 0 Å². The topological polar surface area (TPSA) is 20.2 Å². The minimum Gasteiger partial charge on any atom is -0.396 e. The Morgan fingerprint density at radius 3 is 2.36 bits per heavy atom. The van der Waals surface area contributed by atoms with Gasteiger partial charge in [-0.05, 0) is 11.1 Å². The van der Waals surface area contributed by atoms with Crippen LogP contribution in [0.3, 0.4) is 0 Å². The predicted octanol–water partition coefficient (Wildman–Crippen LogP) is 1.97. The second kappa shape index (κ2) is 4.37. The number of halogens is 1. The maximum absolute atomic E-state index is 8.56. The molecule has 0 heterocycles. The van der Waals surface area contributed by atoms with Crippen molar-refractivity contribution in [1.82, 2.24) is 0 Å². The molecule has 1 nitrogen and oxygen atoms in total. The third kappa shape index (κ3) is 2.52. The zero-order valence-corrected chi connectivity index (χ0v) is 6.88. The summed E-state index contributed by atoms with van der Waals surface area (Å²) < 4.78 is 0. The molecule has 1 N–H and O–H groups in total. The number of aliphatic hydroxyl groups excluding tert-OH is 1. The lowest BCUT2D eigenvalue weighted by atomic mass is 10.1. The van der Waals surface area contributed by atoms with Gasteiger partial charge in [0, 0.05) is 12.3 Å². The quantitative estimate of drug-likeness (QED) is 0.686. The lowest BCUT2D eigenvalue weighted by molar-refractivity contribution is 0.331. The number of benzene rings is 1. The highest BCUT2D eigenvalue weighted by atomic mass is 35.5. The van der Waals surface area contributed by atoms with E-state index in [2.05, 4.69) is 0 Å². The summed E-state index contributed by atoms with van der Waals surface area (Å²) in [5.74, 6) is 0.541. The Morgan fingerprint density at radius 1 is 1.27 bits per heavy atom. The fourth-order valence-electron chi connectivity index (χ4n) is 0.848. The molecule has 0 aliphatic heterocycles. The number of hydrogen-bond acceptors (Lipinski definition) is 1. The van der Waals surface area contributed by atoms with Crippen molar-refractivity contribution in [3.05, 3.63) is 41.8 Å². The second-order valence-electron chi connectivity index (χ2n) is 2.26. The molecule has 0 saturated carbocycles. The normalized spacial score (nSPS) is 10.0. The molecular formula is C9H10ClO. The smallest absolute Gasteiger partial charge is 0.0506 e. The van der Waals surface area contributed by atoms with Crippen LogP contribution in [0, 0.1) is 6.42 Å². The number of aliphatic hydroxyl groups is 1. The summed E-state index contributed by atoms with van der Waals surface area (Å²) in [4.78, 5) is 0. The van der Waals surface area contributed by atoms with Gasteiger partial charge in [-0.25, -0.2) is 0 Å². The minimum absolute atomic E-state index is 0.0836. The minimum atomic E-state index is 0.0836. The van der Waals surface area contributed by atoms with E-state index in [0.717, 1.165) is 11.1 Å². The number of rotatable bonds is 3. The largest absolute Gasteiger partial charge is 0.396 e. The first kappa shape index (κ1) is 8.57. The van der Waals surface area contributed by atoms with E-state index in [-0.39, 0.29) is 6.61 Å². The van der Waals surface area contributed by atoms with Crippen LogP contribution in [0.4, 0.5) is 0 Å². The van der Waals surface area contributed by atoms with E-state index in [4.69, 9.17) is 16.7 Å². The third-order valence-electron chi connectivity index (χ3n) is 1.46. The molecule has 0 aliphatic carbocycles. The molecule has 0 aliphatic rings. The van der Waals surface area contributed by atoms with Crippen molar-refractivity contribution in [2.75, 3.05) is 6.61 Å². The van der Waals surface area contributed by atoms with Gasteiger partial charge in [0.2, 0.25) is 0 Å². The molecule has 0 spiro atoms. The van der Waals surface area contributed by atoms with Gasteiger partial charge in [0.1, 0.15) is 0 Å². The van der Waals surface area contributed by atoms with Crippen LogP contribution in [-0.2, 0) is 5.88 Å². The predicted molar refractivity (Wildman–Crippen MR) is 46.5 cm³/mol. The monoisotopic (exact) mass is 169 g/mol. The van der Waals surface area contributed by atoms with Gasteiger partial charge in [-0.15, -0.1) is 11.6 Å². The average Bonchev–Trinajstić information content (AvgIpc) is 2.07. The molecule has 0 saturated heterocycles. The lowest BCUT2D eigenvalue weighted by Gasteiger charge is -1.98. The lowest BCUT2D eigenvalue weighted by Crippen LogP contribution is -1.87. The van der Waals surface area contributed by atoms with E-state index in [1.165, 1.54) is 0 Å². The summed E-state index contributed by atoms with van der Waals surface area (Å²) in [6.45, 7) is 0.0836. The molecule has 0 fully saturated rings. The molecule has 11 heavy (non-hydrogen) atoms. The van der Waals surface area contributed by atoms with Crippen LogP contribution in [0.2, 0.25) is 0 Å². The van der Waals surface area contributed by atoms with E-state index in [1.54, 1.807) is 6.42 Å². The molecule has 2 heteroatoms. The summed E-state index contributed by atoms with van der Waals surface area (Å²) >= 11 is 5.60. The number of alkyl halides is 1. The van der Waals surface area contributed by atoms with Crippen molar-refractivity contribution in [2.24, 2.45) is 0 Å². The van der Waals surface area contributed by atoms with E-state index < -0.39 is 0 Å². The van der Waals surface area contributed by atoms with Crippen LogP contribution in [-0.4, -0.2) is 11.7 Å². The van der Waals surface area contributed by atoms with Crippen LogP contribution in [0.5, 0.6) is 0 Å². The van der Waals surface area contributed by atoms with Gasteiger partial charge in [0.25, 0.3) is 0 Å². The Labute approximate surface area is 71.6 Å². The first-order valence-corrected chi connectivity index (χ1v) is 3.99. The molecule has 0 unspecified atom stereocenters. The van der Waals surface area contributed by atoms with Gasteiger partial charge in [-0.1, -0.05) is 24.3 Å². The van der Waals surface area contributed by atoms with Crippen LogP contribution >= 0.6 is 11.6 Å². The first-order chi connectivity index (χ1) is 5.36. The van der Waals surface area contributed by atoms with Gasteiger partial charge >= 0.3 is 0 Å². The van der Waals surface area contributed by atoms with Crippen molar-refractivity contribution >= 4 is 11.6 Å². The molecule has 1 aromatic carbocycles. The molecule has 1 radical (unpaired) electrons. The number of hydrogen-bond donors (Lipinski definition) is 1. The Hall–Kier alpha value is -0.530. The Balaban J connectivity index is 2.66. The first-order valence-electron chi connectivity index (χ1n) is 3.46. The van der Waals surface area contributed by atoms with E-state index >= 15 is 0 Å². The van der Waals surface area contributed by atoms with Crippen LogP contribution in [0.15, 0.2) is 24.3 Å². The standard InChI is InChI=1S/C9H10ClO/c10-7-9-3-1-8(2-4-9)5-6-11/h1-5,11H,6-7H2. The van der Waals surface area contributed by atoms with Crippen molar-refractivity contribution in [1.29, 1.82) is 0 Å². The fraction of sp³-hybridized carbons (Fsp3) is 0.222. The van der Waals surface area contributed by atoms with E-state index in [9.17, 15) is 0 Å².